The van der Waals surface area contributed by atoms with E-state index in [0.717, 1.165) is 10.6 Å². The lowest BCUT2D eigenvalue weighted by Crippen LogP contribution is -2.46. The van der Waals surface area contributed by atoms with Crippen molar-refractivity contribution in [2.45, 2.75) is 24.3 Å². The fraction of sp³-hybridized carbons (Fsp3) is 0.467. The van der Waals surface area contributed by atoms with Crippen molar-refractivity contribution in [3.8, 4) is 0 Å². The number of carbonyl (C=O) groups is 2. The molecule has 0 aromatic heterocycles. The van der Waals surface area contributed by atoms with E-state index in [1.54, 1.807) is 34.9 Å². The Balaban J connectivity index is 2.15. The summed E-state index contributed by atoms with van der Waals surface area (Å²) in [4.78, 5) is 26.0. The predicted octanol–water partition coefficient (Wildman–Crippen LogP) is 2.77. The zero-order chi connectivity index (χ0) is 16.1. The predicted molar refractivity (Wildman–Crippen MR) is 85.7 cm³/mol. The molecule has 1 heterocycles. The third-order valence-electron chi connectivity index (χ3n) is 3.30. The smallest absolute Gasteiger partial charge is 0.306 e. The zero-order valence-electron chi connectivity index (χ0n) is 12.3. The summed E-state index contributed by atoms with van der Waals surface area (Å²) in [5, 5.41) is 9.45. The highest BCUT2D eigenvalue weighted by atomic mass is 35.5. The van der Waals surface area contributed by atoms with Gasteiger partial charge in [-0.1, -0.05) is 18.5 Å². The van der Waals surface area contributed by atoms with Crippen LogP contribution in [0.2, 0.25) is 5.02 Å². The topological polar surface area (TPSA) is 66.8 Å². The van der Waals surface area contributed by atoms with Crippen molar-refractivity contribution in [1.82, 2.24) is 4.90 Å². The van der Waals surface area contributed by atoms with Crippen molar-refractivity contribution in [3.63, 3.8) is 0 Å². The van der Waals surface area contributed by atoms with Crippen molar-refractivity contribution >= 4 is 35.2 Å². The Morgan fingerprint density at radius 1 is 1.50 bits per heavy atom. The quantitative estimate of drug-likeness (QED) is 0.833. The van der Waals surface area contributed by atoms with Gasteiger partial charge in [0.2, 0.25) is 0 Å². The number of aliphatic carboxylic acids is 1. The monoisotopic (exact) mass is 343 g/mol. The van der Waals surface area contributed by atoms with Crippen LogP contribution in [0.4, 0.5) is 0 Å². The molecule has 0 spiro atoms. The number of rotatable bonds is 5. The van der Waals surface area contributed by atoms with E-state index < -0.39 is 12.1 Å². The summed E-state index contributed by atoms with van der Waals surface area (Å²) < 4.78 is 5.40. The lowest BCUT2D eigenvalue weighted by Gasteiger charge is -2.32. The molecule has 1 amide bonds. The molecule has 1 aromatic rings. The minimum Gasteiger partial charge on any atom is -0.481 e. The van der Waals surface area contributed by atoms with Crippen molar-refractivity contribution in [2.24, 2.45) is 0 Å². The molecule has 120 valence electrons. The maximum absolute atomic E-state index is 12.7. The van der Waals surface area contributed by atoms with E-state index in [1.807, 2.05) is 6.92 Å². The first-order chi connectivity index (χ1) is 10.5. The third-order valence-corrected chi connectivity index (χ3v) is 4.47. The number of morpholine rings is 1. The number of thioether (sulfide) groups is 1. The lowest BCUT2D eigenvalue weighted by atomic mass is 10.1. The van der Waals surface area contributed by atoms with Crippen molar-refractivity contribution in [2.75, 3.05) is 25.4 Å². The van der Waals surface area contributed by atoms with Gasteiger partial charge in [0.05, 0.1) is 24.7 Å². The Bertz CT molecular complexity index is 566. The summed E-state index contributed by atoms with van der Waals surface area (Å²) in [6.07, 6.45) is -0.550. The largest absolute Gasteiger partial charge is 0.481 e. The van der Waals surface area contributed by atoms with Crippen LogP contribution in [0.3, 0.4) is 0 Å². The van der Waals surface area contributed by atoms with Gasteiger partial charge in [-0.15, -0.1) is 11.8 Å². The Hall–Kier alpha value is -1.24. The number of halogens is 1. The van der Waals surface area contributed by atoms with Gasteiger partial charge in [-0.25, -0.2) is 0 Å². The Labute approximate surface area is 138 Å². The van der Waals surface area contributed by atoms with Crippen LogP contribution in [0.25, 0.3) is 0 Å². The highest BCUT2D eigenvalue weighted by Gasteiger charge is 2.27. The van der Waals surface area contributed by atoms with E-state index in [1.165, 1.54) is 0 Å². The first-order valence-electron chi connectivity index (χ1n) is 7.06. The highest BCUT2D eigenvalue weighted by Crippen LogP contribution is 2.27. The van der Waals surface area contributed by atoms with Crippen LogP contribution >= 0.6 is 23.4 Å². The van der Waals surface area contributed by atoms with Gasteiger partial charge in [-0.05, 0) is 24.0 Å². The van der Waals surface area contributed by atoms with Gasteiger partial charge in [0.25, 0.3) is 5.91 Å². The van der Waals surface area contributed by atoms with Crippen LogP contribution in [-0.2, 0) is 9.53 Å². The van der Waals surface area contributed by atoms with E-state index in [4.69, 9.17) is 21.4 Å². The lowest BCUT2D eigenvalue weighted by molar-refractivity contribution is -0.141. The van der Waals surface area contributed by atoms with Crippen LogP contribution in [0.1, 0.15) is 23.7 Å². The summed E-state index contributed by atoms with van der Waals surface area (Å²) in [7, 11) is 0. The number of hydrogen-bond acceptors (Lipinski definition) is 4. The molecule has 22 heavy (non-hydrogen) atoms. The standard InChI is InChI=1S/C15H18ClNO4S/c1-2-22-13-7-10(16)3-4-12(13)15(20)17-5-6-21-11(9-17)8-14(18)19/h3-4,7,11H,2,5-6,8-9H2,1H3,(H,18,19). The minimum atomic E-state index is -0.923. The third kappa shape index (κ3) is 4.38. The number of carboxylic acid groups (broad SMARTS) is 1. The maximum Gasteiger partial charge on any atom is 0.306 e. The molecular weight excluding hydrogens is 326 g/mol. The highest BCUT2D eigenvalue weighted by molar-refractivity contribution is 7.99. The Morgan fingerprint density at radius 2 is 2.27 bits per heavy atom. The average Bonchev–Trinajstić information content (AvgIpc) is 2.47. The molecule has 7 heteroatoms. The molecule has 0 bridgehead atoms. The molecule has 1 atom stereocenters. The first-order valence-corrected chi connectivity index (χ1v) is 8.42. The zero-order valence-corrected chi connectivity index (χ0v) is 13.8. The molecule has 1 N–H and O–H groups in total. The van der Waals surface area contributed by atoms with Crippen molar-refractivity contribution in [3.05, 3.63) is 28.8 Å². The summed E-state index contributed by atoms with van der Waals surface area (Å²) in [5.41, 5.74) is 0.604. The number of benzene rings is 1. The van der Waals surface area contributed by atoms with E-state index >= 15 is 0 Å². The molecule has 1 aromatic carbocycles. The second-order valence-corrected chi connectivity index (χ2v) is 6.66. The number of ether oxygens (including phenoxy) is 1. The molecule has 5 nitrogen and oxygen atoms in total. The van der Waals surface area contributed by atoms with Gasteiger partial charge >= 0.3 is 5.97 Å². The molecule has 1 aliphatic heterocycles. The average molecular weight is 344 g/mol. The van der Waals surface area contributed by atoms with Crippen LogP contribution < -0.4 is 0 Å². The minimum absolute atomic E-state index is 0.0963. The second-order valence-electron chi connectivity index (χ2n) is 4.92. The van der Waals surface area contributed by atoms with Crippen molar-refractivity contribution < 1.29 is 19.4 Å². The summed E-state index contributed by atoms with van der Waals surface area (Å²) in [6, 6.07) is 5.21. The van der Waals surface area contributed by atoms with Crippen LogP contribution in [0, 0.1) is 0 Å². The molecule has 1 fully saturated rings. The molecule has 2 rings (SSSR count). The van der Waals surface area contributed by atoms with Crippen LogP contribution in [0.5, 0.6) is 0 Å². The van der Waals surface area contributed by atoms with Gasteiger partial charge in [0, 0.05) is 23.0 Å². The second kappa shape index (κ2) is 7.85. The van der Waals surface area contributed by atoms with E-state index in [0.29, 0.717) is 30.3 Å². The van der Waals surface area contributed by atoms with Crippen molar-refractivity contribution in [1.29, 1.82) is 0 Å². The van der Waals surface area contributed by atoms with Gasteiger partial charge in [0.15, 0.2) is 0 Å². The number of carbonyl (C=O) groups excluding carboxylic acids is 1. The van der Waals surface area contributed by atoms with Gasteiger partial charge in [-0.2, -0.15) is 0 Å². The fourth-order valence-corrected chi connectivity index (χ4v) is 3.41. The first kappa shape index (κ1) is 17.1. The Morgan fingerprint density at radius 3 is 2.95 bits per heavy atom. The van der Waals surface area contributed by atoms with E-state index in [9.17, 15) is 9.59 Å². The number of amides is 1. The van der Waals surface area contributed by atoms with Crippen LogP contribution in [-0.4, -0.2) is 53.4 Å². The summed E-state index contributed by atoms with van der Waals surface area (Å²) in [6.45, 7) is 3.13. The normalized spacial score (nSPS) is 18.3. The molecule has 0 radical (unpaired) electrons. The summed E-state index contributed by atoms with van der Waals surface area (Å²) in [5.74, 6) is -0.190. The Kier molecular flexibility index (Phi) is 6.11. The number of carboxylic acids is 1. The molecular formula is C15H18ClNO4S. The molecule has 1 aliphatic rings. The van der Waals surface area contributed by atoms with Gasteiger partial charge in [0.1, 0.15) is 0 Å². The molecule has 1 unspecified atom stereocenters. The fourth-order valence-electron chi connectivity index (χ4n) is 2.34. The SMILES string of the molecule is CCSc1cc(Cl)ccc1C(=O)N1CCOC(CC(=O)O)C1. The van der Waals surface area contributed by atoms with Gasteiger partial charge < -0.3 is 14.7 Å². The number of hydrogen-bond donors (Lipinski definition) is 1. The molecule has 0 aliphatic carbocycles. The van der Waals surface area contributed by atoms with E-state index in [-0.39, 0.29) is 12.3 Å². The van der Waals surface area contributed by atoms with E-state index in [2.05, 4.69) is 0 Å². The number of nitrogens with zero attached hydrogens (tertiary/aromatic N) is 1. The molecule has 0 saturated carbocycles. The van der Waals surface area contributed by atoms with Crippen LogP contribution in [0.15, 0.2) is 23.1 Å². The maximum atomic E-state index is 12.7. The molecule has 1 saturated heterocycles. The summed E-state index contributed by atoms with van der Waals surface area (Å²) >= 11 is 7.56. The van der Waals surface area contributed by atoms with Gasteiger partial charge in [-0.3, -0.25) is 9.59 Å².